The van der Waals surface area contributed by atoms with Crippen molar-refractivity contribution in [1.29, 1.82) is 0 Å². The maximum absolute atomic E-state index is 13.0. The van der Waals surface area contributed by atoms with E-state index in [9.17, 15) is 18.0 Å². The normalized spacial score (nSPS) is 12.1. The Bertz CT molecular complexity index is 1690. The standard InChI is InChI=1S/C29H33N3O5S/c1-7-30-27(33)23-16-20-21(17-32(6)28(34)26(20)31-23)19-15-18(38(35,36)8-2)13-14-24(19)37-25-12-10-9-11-22(25)29(3,4)5/h9-17,31H,7-8H2,1-6H3,(H,30,33). The number of nitrogens with one attached hydrogen (secondary N) is 2. The van der Waals surface area contributed by atoms with Crippen molar-refractivity contribution in [2.24, 2.45) is 7.05 Å². The van der Waals surface area contributed by atoms with Crippen molar-refractivity contribution < 1.29 is 17.9 Å². The largest absolute Gasteiger partial charge is 0.456 e. The van der Waals surface area contributed by atoms with Gasteiger partial charge in [0, 0.05) is 41.9 Å². The zero-order valence-corrected chi connectivity index (χ0v) is 23.3. The maximum Gasteiger partial charge on any atom is 0.274 e. The van der Waals surface area contributed by atoms with Crippen LogP contribution in [-0.2, 0) is 22.3 Å². The monoisotopic (exact) mass is 535 g/mol. The number of amides is 1. The molecule has 2 heterocycles. The highest BCUT2D eigenvalue weighted by molar-refractivity contribution is 7.91. The molecule has 0 aliphatic heterocycles. The summed E-state index contributed by atoms with van der Waals surface area (Å²) in [4.78, 5) is 28.6. The lowest BCUT2D eigenvalue weighted by atomic mass is 9.86. The van der Waals surface area contributed by atoms with Crippen LogP contribution in [0.5, 0.6) is 11.5 Å². The van der Waals surface area contributed by atoms with Gasteiger partial charge in [-0.1, -0.05) is 45.9 Å². The first-order chi connectivity index (χ1) is 17.9. The van der Waals surface area contributed by atoms with Gasteiger partial charge in [-0.15, -0.1) is 0 Å². The van der Waals surface area contributed by atoms with Crippen molar-refractivity contribution in [1.82, 2.24) is 14.9 Å². The average Bonchev–Trinajstić information content (AvgIpc) is 3.32. The third kappa shape index (κ3) is 5.11. The molecule has 0 bridgehead atoms. The topological polar surface area (TPSA) is 110 Å². The van der Waals surface area contributed by atoms with E-state index >= 15 is 0 Å². The smallest absolute Gasteiger partial charge is 0.274 e. The summed E-state index contributed by atoms with van der Waals surface area (Å²) in [6, 6.07) is 14.1. The van der Waals surface area contributed by atoms with Crippen LogP contribution in [0, 0.1) is 0 Å². The first-order valence-corrected chi connectivity index (χ1v) is 14.2. The van der Waals surface area contributed by atoms with E-state index in [1.165, 1.54) is 10.6 Å². The van der Waals surface area contributed by atoms with Gasteiger partial charge in [0.1, 0.15) is 22.7 Å². The van der Waals surface area contributed by atoms with E-state index in [0.717, 1.165) is 5.56 Å². The molecule has 1 amide bonds. The van der Waals surface area contributed by atoms with Crippen LogP contribution < -0.4 is 15.6 Å². The minimum Gasteiger partial charge on any atom is -0.456 e. The van der Waals surface area contributed by atoms with Crippen LogP contribution in [0.4, 0.5) is 0 Å². The number of rotatable bonds is 7. The summed E-state index contributed by atoms with van der Waals surface area (Å²) in [7, 11) is -1.92. The number of carbonyl (C=O) groups is 1. The van der Waals surface area contributed by atoms with E-state index in [2.05, 4.69) is 31.1 Å². The number of aromatic amines is 1. The summed E-state index contributed by atoms with van der Waals surface area (Å²) in [6.45, 7) is 10.1. The lowest BCUT2D eigenvalue weighted by molar-refractivity contribution is 0.0951. The second-order valence-corrected chi connectivity index (χ2v) is 12.5. The number of aryl methyl sites for hydroxylation is 1. The van der Waals surface area contributed by atoms with Crippen LogP contribution in [0.25, 0.3) is 22.0 Å². The van der Waals surface area contributed by atoms with Gasteiger partial charge in [-0.05, 0) is 42.7 Å². The fourth-order valence-corrected chi connectivity index (χ4v) is 5.30. The van der Waals surface area contributed by atoms with Gasteiger partial charge >= 0.3 is 0 Å². The minimum atomic E-state index is -3.53. The van der Waals surface area contributed by atoms with Gasteiger partial charge in [-0.2, -0.15) is 0 Å². The van der Waals surface area contributed by atoms with E-state index in [0.29, 0.717) is 34.6 Å². The fourth-order valence-electron chi connectivity index (χ4n) is 4.39. The number of para-hydroxylation sites is 1. The summed E-state index contributed by atoms with van der Waals surface area (Å²) in [5.41, 5.74) is 2.02. The Morgan fingerprint density at radius 3 is 2.39 bits per heavy atom. The Kier molecular flexibility index (Phi) is 7.25. The molecule has 200 valence electrons. The molecule has 2 aromatic carbocycles. The van der Waals surface area contributed by atoms with Crippen molar-refractivity contribution in [3.8, 4) is 22.6 Å². The van der Waals surface area contributed by atoms with Gasteiger partial charge in [-0.25, -0.2) is 8.42 Å². The molecule has 8 nitrogen and oxygen atoms in total. The van der Waals surface area contributed by atoms with Gasteiger partial charge in [-0.3, -0.25) is 9.59 Å². The number of hydrogen-bond acceptors (Lipinski definition) is 5. The highest BCUT2D eigenvalue weighted by Crippen LogP contribution is 2.41. The lowest BCUT2D eigenvalue weighted by Crippen LogP contribution is -2.23. The molecule has 0 aliphatic rings. The summed E-state index contributed by atoms with van der Waals surface area (Å²) in [5.74, 6) is 0.672. The number of nitrogens with zero attached hydrogens (tertiary/aromatic N) is 1. The molecule has 38 heavy (non-hydrogen) atoms. The zero-order chi connectivity index (χ0) is 27.8. The van der Waals surface area contributed by atoms with Crippen molar-refractivity contribution in [3.05, 3.63) is 76.3 Å². The number of fused-ring (bicyclic) bond motifs is 1. The van der Waals surface area contributed by atoms with Gasteiger partial charge in [0.2, 0.25) is 0 Å². The van der Waals surface area contributed by atoms with Gasteiger partial charge < -0.3 is 19.6 Å². The Balaban J connectivity index is 2.01. The van der Waals surface area contributed by atoms with E-state index in [1.54, 1.807) is 38.4 Å². The molecular weight excluding hydrogens is 502 g/mol. The lowest BCUT2D eigenvalue weighted by Gasteiger charge is -2.23. The molecule has 4 rings (SSSR count). The predicted molar refractivity (Wildman–Crippen MR) is 150 cm³/mol. The van der Waals surface area contributed by atoms with Crippen molar-refractivity contribution in [3.63, 3.8) is 0 Å². The molecule has 9 heteroatoms. The van der Waals surface area contributed by atoms with E-state index in [1.807, 2.05) is 31.2 Å². The van der Waals surface area contributed by atoms with Gasteiger partial charge in [0.05, 0.1) is 10.6 Å². The molecule has 4 aromatic rings. The number of carbonyl (C=O) groups excluding carboxylic acids is 1. The predicted octanol–water partition coefficient (Wildman–Crippen LogP) is 5.17. The third-order valence-corrected chi connectivity index (χ3v) is 8.17. The van der Waals surface area contributed by atoms with Crippen molar-refractivity contribution in [2.45, 2.75) is 44.9 Å². The number of pyridine rings is 1. The summed E-state index contributed by atoms with van der Waals surface area (Å²) in [5, 5.41) is 3.23. The molecule has 0 aliphatic carbocycles. The SMILES string of the molecule is CCNC(=O)c1cc2c(-c3cc(S(=O)(=O)CC)ccc3Oc3ccccc3C(C)(C)C)cn(C)c(=O)c2[nH]1. The molecule has 0 saturated heterocycles. The Hall–Kier alpha value is -3.85. The van der Waals surface area contributed by atoms with Crippen LogP contribution in [0.15, 0.2) is 64.4 Å². The van der Waals surface area contributed by atoms with Gasteiger partial charge in [0.15, 0.2) is 9.84 Å². The molecule has 0 atom stereocenters. The van der Waals surface area contributed by atoms with Crippen LogP contribution in [-0.4, -0.2) is 36.2 Å². The molecule has 0 fully saturated rings. The van der Waals surface area contributed by atoms with Gasteiger partial charge in [0.25, 0.3) is 11.5 Å². The Morgan fingerprint density at radius 1 is 1.03 bits per heavy atom. The van der Waals surface area contributed by atoms with Crippen LogP contribution in [0.2, 0.25) is 0 Å². The minimum absolute atomic E-state index is 0.0618. The highest BCUT2D eigenvalue weighted by atomic mass is 32.2. The van der Waals surface area contributed by atoms with E-state index in [4.69, 9.17) is 4.74 Å². The third-order valence-electron chi connectivity index (χ3n) is 6.44. The molecular formula is C29H33N3O5S. The summed E-state index contributed by atoms with van der Waals surface area (Å²) in [6.07, 6.45) is 1.64. The summed E-state index contributed by atoms with van der Waals surface area (Å²) >= 11 is 0. The van der Waals surface area contributed by atoms with Crippen molar-refractivity contribution in [2.75, 3.05) is 12.3 Å². The van der Waals surface area contributed by atoms with Crippen molar-refractivity contribution >= 4 is 26.6 Å². The molecule has 2 aromatic heterocycles. The van der Waals surface area contributed by atoms with Crippen LogP contribution in [0.3, 0.4) is 0 Å². The zero-order valence-electron chi connectivity index (χ0n) is 22.5. The first-order valence-electron chi connectivity index (χ1n) is 12.5. The number of hydrogen-bond donors (Lipinski definition) is 2. The van der Waals surface area contributed by atoms with Crippen LogP contribution >= 0.6 is 0 Å². The van der Waals surface area contributed by atoms with E-state index < -0.39 is 9.84 Å². The number of sulfone groups is 1. The number of H-pyrrole nitrogens is 1. The average molecular weight is 536 g/mol. The fraction of sp³-hybridized carbons (Fsp3) is 0.310. The highest BCUT2D eigenvalue weighted by Gasteiger charge is 2.23. The molecule has 2 N–H and O–H groups in total. The Labute approximate surface area is 222 Å². The molecule has 0 unspecified atom stereocenters. The molecule has 0 saturated carbocycles. The first kappa shape index (κ1) is 27.2. The maximum atomic E-state index is 13.0. The summed E-state index contributed by atoms with van der Waals surface area (Å²) < 4.78 is 33.5. The van der Waals surface area contributed by atoms with Crippen LogP contribution in [0.1, 0.15) is 50.7 Å². The second-order valence-electron chi connectivity index (χ2n) is 10.2. The second kappa shape index (κ2) is 10.1. The van der Waals surface area contributed by atoms with E-state index in [-0.39, 0.29) is 38.7 Å². The number of aromatic nitrogens is 2. The number of ether oxygens (including phenoxy) is 1. The molecule has 0 spiro atoms. The molecule has 0 radical (unpaired) electrons. The quantitative estimate of drug-likeness (QED) is 0.339. The number of benzene rings is 2. The Morgan fingerprint density at radius 2 is 1.74 bits per heavy atom.